The third-order valence-corrected chi connectivity index (χ3v) is 2.86. The number of aromatic nitrogens is 4. The number of H-pyrrole nitrogens is 1. The molecule has 0 aromatic carbocycles. The van der Waals surface area contributed by atoms with E-state index in [0.717, 1.165) is 35.9 Å². The van der Waals surface area contributed by atoms with Crippen LogP contribution in [0.25, 0.3) is 11.2 Å². The van der Waals surface area contributed by atoms with Gasteiger partial charge in [0.05, 0.1) is 6.33 Å². The first-order valence-corrected chi connectivity index (χ1v) is 6.13. The van der Waals surface area contributed by atoms with E-state index in [9.17, 15) is 0 Å². The van der Waals surface area contributed by atoms with Crippen molar-refractivity contribution < 1.29 is 0 Å². The standard InChI is InChI=1S/C12H19N5/c1-5-17(6-2)12-9-11(14-7-13-9)15-10(16-12)8(3)4/h7-8H,5-6H2,1-4H3,(H,13,14,15,16). The number of rotatable bonds is 4. The summed E-state index contributed by atoms with van der Waals surface area (Å²) in [7, 11) is 0. The fraction of sp³-hybridized carbons (Fsp3) is 0.583. The molecule has 0 saturated carbocycles. The summed E-state index contributed by atoms with van der Waals surface area (Å²) in [5.41, 5.74) is 1.68. The SMILES string of the molecule is CCN(CC)c1nc(C(C)C)nc2nc[nH]c12. The normalized spacial score (nSPS) is 11.4. The van der Waals surface area contributed by atoms with Gasteiger partial charge in [-0.15, -0.1) is 0 Å². The maximum atomic E-state index is 4.66. The van der Waals surface area contributed by atoms with E-state index in [1.807, 2.05) is 0 Å². The minimum Gasteiger partial charge on any atom is -0.355 e. The van der Waals surface area contributed by atoms with Crippen molar-refractivity contribution in [2.45, 2.75) is 33.6 Å². The summed E-state index contributed by atoms with van der Waals surface area (Å²) in [6, 6.07) is 0. The van der Waals surface area contributed by atoms with E-state index in [4.69, 9.17) is 0 Å². The summed E-state index contributed by atoms with van der Waals surface area (Å²) in [6.07, 6.45) is 1.68. The Morgan fingerprint density at radius 3 is 2.53 bits per heavy atom. The zero-order chi connectivity index (χ0) is 12.4. The van der Waals surface area contributed by atoms with Crippen LogP contribution in [-0.4, -0.2) is 33.0 Å². The van der Waals surface area contributed by atoms with Crippen LogP contribution in [0.3, 0.4) is 0 Å². The molecule has 0 amide bonds. The molecule has 5 heteroatoms. The van der Waals surface area contributed by atoms with E-state index in [0.29, 0.717) is 5.92 Å². The minimum absolute atomic E-state index is 0.311. The van der Waals surface area contributed by atoms with Crippen molar-refractivity contribution in [3.8, 4) is 0 Å². The molecule has 5 nitrogen and oxygen atoms in total. The van der Waals surface area contributed by atoms with Crippen molar-refractivity contribution >= 4 is 17.0 Å². The molecule has 0 aliphatic carbocycles. The average molecular weight is 233 g/mol. The molecular formula is C12H19N5. The highest BCUT2D eigenvalue weighted by atomic mass is 15.2. The predicted molar refractivity (Wildman–Crippen MR) is 69.3 cm³/mol. The Hall–Kier alpha value is -1.65. The lowest BCUT2D eigenvalue weighted by Crippen LogP contribution is -2.24. The number of imidazole rings is 1. The average Bonchev–Trinajstić information content (AvgIpc) is 2.78. The van der Waals surface area contributed by atoms with E-state index in [2.05, 4.69) is 52.5 Å². The van der Waals surface area contributed by atoms with Crippen LogP contribution in [0.5, 0.6) is 0 Å². The molecule has 0 saturated heterocycles. The zero-order valence-corrected chi connectivity index (χ0v) is 10.9. The Morgan fingerprint density at radius 2 is 1.94 bits per heavy atom. The third-order valence-electron chi connectivity index (χ3n) is 2.86. The van der Waals surface area contributed by atoms with Crippen LogP contribution >= 0.6 is 0 Å². The van der Waals surface area contributed by atoms with Crippen LogP contribution in [0, 0.1) is 0 Å². The zero-order valence-electron chi connectivity index (χ0n) is 10.9. The van der Waals surface area contributed by atoms with Gasteiger partial charge in [-0.25, -0.2) is 15.0 Å². The van der Waals surface area contributed by atoms with Crippen LogP contribution < -0.4 is 4.90 Å². The second kappa shape index (κ2) is 4.69. The quantitative estimate of drug-likeness (QED) is 0.880. The van der Waals surface area contributed by atoms with Gasteiger partial charge in [-0.3, -0.25) is 0 Å². The van der Waals surface area contributed by atoms with Gasteiger partial charge < -0.3 is 9.88 Å². The second-order valence-electron chi connectivity index (χ2n) is 4.33. The summed E-state index contributed by atoms with van der Waals surface area (Å²) in [6.45, 7) is 10.3. The molecule has 17 heavy (non-hydrogen) atoms. The first-order chi connectivity index (χ1) is 8.17. The van der Waals surface area contributed by atoms with Crippen LogP contribution in [0.15, 0.2) is 6.33 Å². The fourth-order valence-electron chi connectivity index (χ4n) is 1.84. The van der Waals surface area contributed by atoms with Gasteiger partial charge in [0.2, 0.25) is 0 Å². The maximum Gasteiger partial charge on any atom is 0.183 e. The molecule has 2 heterocycles. The summed E-state index contributed by atoms with van der Waals surface area (Å²) < 4.78 is 0. The molecular weight excluding hydrogens is 214 g/mol. The number of fused-ring (bicyclic) bond motifs is 1. The molecule has 0 bridgehead atoms. The molecule has 0 fully saturated rings. The Morgan fingerprint density at radius 1 is 1.24 bits per heavy atom. The van der Waals surface area contributed by atoms with Crippen molar-refractivity contribution in [3.63, 3.8) is 0 Å². The van der Waals surface area contributed by atoms with Crippen LogP contribution in [0.2, 0.25) is 0 Å². The molecule has 0 aliphatic heterocycles. The second-order valence-corrected chi connectivity index (χ2v) is 4.33. The molecule has 0 spiro atoms. The maximum absolute atomic E-state index is 4.66. The predicted octanol–water partition coefficient (Wildman–Crippen LogP) is 2.32. The Balaban J connectivity index is 2.61. The van der Waals surface area contributed by atoms with Gasteiger partial charge in [0.15, 0.2) is 11.5 Å². The van der Waals surface area contributed by atoms with E-state index in [-0.39, 0.29) is 0 Å². The Kier molecular flexibility index (Phi) is 3.26. The molecule has 1 N–H and O–H groups in total. The van der Waals surface area contributed by atoms with Crippen molar-refractivity contribution in [3.05, 3.63) is 12.2 Å². The molecule has 0 unspecified atom stereocenters. The van der Waals surface area contributed by atoms with Crippen LogP contribution in [-0.2, 0) is 0 Å². The summed E-state index contributed by atoms with van der Waals surface area (Å²) >= 11 is 0. The molecule has 92 valence electrons. The Bertz CT molecular complexity index is 499. The molecule has 2 aromatic heterocycles. The van der Waals surface area contributed by atoms with Crippen LogP contribution in [0.4, 0.5) is 5.82 Å². The Labute approximate surface area is 101 Å². The molecule has 0 atom stereocenters. The van der Waals surface area contributed by atoms with Crippen molar-refractivity contribution in [1.82, 2.24) is 19.9 Å². The summed E-state index contributed by atoms with van der Waals surface area (Å²) in [5.74, 6) is 2.12. The van der Waals surface area contributed by atoms with Gasteiger partial charge in [0.25, 0.3) is 0 Å². The minimum atomic E-state index is 0.311. The first kappa shape index (κ1) is 11.8. The van der Waals surface area contributed by atoms with Gasteiger partial charge in [0.1, 0.15) is 11.3 Å². The number of hydrogen-bond acceptors (Lipinski definition) is 4. The topological polar surface area (TPSA) is 57.7 Å². The van der Waals surface area contributed by atoms with Gasteiger partial charge in [-0.05, 0) is 13.8 Å². The van der Waals surface area contributed by atoms with Crippen molar-refractivity contribution in [1.29, 1.82) is 0 Å². The molecule has 2 aromatic rings. The lowest BCUT2D eigenvalue weighted by molar-refractivity contribution is 0.764. The van der Waals surface area contributed by atoms with E-state index in [1.54, 1.807) is 6.33 Å². The lowest BCUT2D eigenvalue weighted by Gasteiger charge is -2.21. The number of aromatic amines is 1. The number of anilines is 1. The van der Waals surface area contributed by atoms with E-state index in [1.165, 1.54) is 0 Å². The largest absolute Gasteiger partial charge is 0.355 e. The third kappa shape index (κ3) is 2.09. The van der Waals surface area contributed by atoms with Crippen LogP contribution in [0.1, 0.15) is 39.4 Å². The lowest BCUT2D eigenvalue weighted by atomic mass is 10.2. The monoisotopic (exact) mass is 233 g/mol. The molecule has 0 radical (unpaired) electrons. The number of nitrogens with zero attached hydrogens (tertiary/aromatic N) is 4. The van der Waals surface area contributed by atoms with Gasteiger partial charge in [-0.2, -0.15) is 0 Å². The molecule has 0 aliphatic rings. The molecule has 2 rings (SSSR count). The number of hydrogen-bond donors (Lipinski definition) is 1. The van der Waals surface area contributed by atoms with Gasteiger partial charge in [0, 0.05) is 19.0 Å². The fourth-order valence-corrected chi connectivity index (χ4v) is 1.84. The van der Waals surface area contributed by atoms with E-state index < -0.39 is 0 Å². The van der Waals surface area contributed by atoms with Crippen molar-refractivity contribution in [2.75, 3.05) is 18.0 Å². The van der Waals surface area contributed by atoms with Gasteiger partial charge >= 0.3 is 0 Å². The highest BCUT2D eigenvalue weighted by Gasteiger charge is 2.15. The highest BCUT2D eigenvalue weighted by Crippen LogP contribution is 2.23. The van der Waals surface area contributed by atoms with Crippen molar-refractivity contribution in [2.24, 2.45) is 0 Å². The highest BCUT2D eigenvalue weighted by molar-refractivity contribution is 5.83. The van der Waals surface area contributed by atoms with Gasteiger partial charge in [-0.1, -0.05) is 13.8 Å². The van der Waals surface area contributed by atoms with E-state index >= 15 is 0 Å². The summed E-state index contributed by atoms with van der Waals surface area (Å²) in [4.78, 5) is 18.7. The number of nitrogens with one attached hydrogen (secondary N) is 1. The smallest absolute Gasteiger partial charge is 0.183 e. The summed E-state index contributed by atoms with van der Waals surface area (Å²) in [5, 5.41) is 0. The first-order valence-electron chi connectivity index (χ1n) is 6.13.